The zero-order chi connectivity index (χ0) is 10.7. The van der Waals surface area contributed by atoms with Gasteiger partial charge in [0.2, 0.25) is 0 Å². The van der Waals surface area contributed by atoms with E-state index in [4.69, 9.17) is 9.47 Å². The van der Waals surface area contributed by atoms with Gasteiger partial charge < -0.3 is 14.8 Å². The van der Waals surface area contributed by atoms with Crippen LogP contribution in [0.3, 0.4) is 0 Å². The quantitative estimate of drug-likeness (QED) is 0.824. The van der Waals surface area contributed by atoms with E-state index in [1.54, 1.807) is 7.11 Å². The number of methoxy groups -OCH3 is 1. The van der Waals surface area contributed by atoms with Crippen LogP contribution in [-0.2, 0) is 4.74 Å². The Balaban J connectivity index is 2.10. The highest BCUT2D eigenvalue weighted by Gasteiger charge is 2.30. The molecule has 0 saturated heterocycles. The second-order valence-electron chi connectivity index (χ2n) is 4.14. The van der Waals surface area contributed by atoms with Gasteiger partial charge in [0.05, 0.1) is 18.8 Å². The van der Waals surface area contributed by atoms with Crippen molar-refractivity contribution >= 4 is 5.69 Å². The van der Waals surface area contributed by atoms with Gasteiger partial charge in [0.15, 0.2) is 0 Å². The highest BCUT2D eigenvalue weighted by Crippen LogP contribution is 2.33. The zero-order valence-electron chi connectivity index (χ0n) is 9.25. The van der Waals surface area contributed by atoms with Crippen LogP contribution in [0.2, 0.25) is 0 Å². The average molecular weight is 207 g/mol. The maximum absolute atomic E-state index is 5.98. The van der Waals surface area contributed by atoms with Crippen molar-refractivity contribution in [2.24, 2.45) is 0 Å². The highest BCUT2D eigenvalue weighted by molar-refractivity contribution is 5.58. The molecule has 1 N–H and O–H groups in total. The van der Waals surface area contributed by atoms with E-state index in [9.17, 15) is 0 Å². The van der Waals surface area contributed by atoms with Crippen LogP contribution >= 0.6 is 0 Å². The third kappa shape index (κ3) is 2.23. The molecule has 0 radical (unpaired) electrons. The first kappa shape index (κ1) is 10.3. The monoisotopic (exact) mass is 207 g/mol. The predicted molar refractivity (Wildman–Crippen MR) is 60.5 cm³/mol. The Morgan fingerprint density at radius 3 is 3.07 bits per heavy atom. The molecule has 1 heterocycles. The third-order valence-electron chi connectivity index (χ3n) is 2.73. The van der Waals surface area contributed by atoms with Gasteiger partial charge in [-0.2, -0.15) is 0 Å². The first-order valence-corrected chi connectivity index (χ1v) is 5.24. The summed E-state index contributed by atoms with van der Waals surface area (Å²) in [5, 5.41) is 3.38. The lowest BCUT2D eigenvalue weighted by Gasteiger charge is -2.36. The highest BCUT2D eigenvalue weighted by atomic mass is 16.5. The lowest BCUT2D eigenvalue weighted by atomic mass is 10.0. The predicted octanol–water partition coefficient (Wildman–Crippen LogP) is 2.29. The molecular weight excluding hydrogens is 190 g/mol. The number of benzene rings is 1. The molecule has 0 saturated carbocycles. The number of hydrogen-bond donors (Lipinski definition) is 1. The number of para-hydroxylation sites is 2. The summed E-state index contributed by atoms with van der Waals surface area (Å²) in [6, 6.07) is 8.02. The van der Waals surface area contributed by atoms with Gasteiger partial charge in [-0.15, -0.1) is 0 Å². The number of anilines is 1. The summed E-state index contributed by atoms with van der Waals surface area (Å²) in [4.78, 5) is 0. The van der Waals surface area contributed by atoms with Crippen molar-refractivity contribution in [2.45, 2.75) is 18.9 Å². The maximum atomic E-state index is 5.98. The van der Waals surface area contributed by atoms with Gasteiger partial charge in [-0.1, -0.05) is 12.1 Å². The van der Waals surface area contributed by atoms with Crippen molar-refractivity contribution in [3.8, 4) is 5.75 Å². The molecule has 15 heavy (non-hydrogen) atoms. The molecule has 1 aliphatic rings. The van der Waals surface area contributed by atoms with E-state index in [1.165, 1.54) is 0 Å². The van der Waals surface area contributed by atoms with Crippen LogP contribution in [0.5, 0.6) is 5.75 Å². The van der Waals surface area contributed by atoms with Gasteiger partial charge in [0.1, 0.15) is 11.4 Å². The van der Waals surface area contributed by atoms with Gasteiger partial charge in [0, 0.05) is 13.5 Å². The van der Waals surface area contributed by atoms with Crippen molar-refractivity contribution in [3.63, 3.8) is 0 Å². The van der Waals surface area contributed by atoms with Crippen molar-refractivity contribution in [2.75, 3.05) is 25.6 Å². The minimum Gasteiger partial charge on any atom is -0.483 e. The Hall–Kier alpha value is -1.22. The SMILES string of the molecule is COCCC1(C)CNc2ccccc2O1. The second-order valence-corrected chi connectivity index (χ2v) is 4.14. The molecule has 3 nitrogen and oxygen atoms in total. The van der Waals surface area contributed by atoms with E-state index in [2.05, 4.69) is 12.2 Å². The molecule has 1 aliphatic heterocycles. The fourth-order valence-electron chi connectivity index (χ4n) is 1.74. The lowest BCUT2D eigenvalue weighted by Crippen LogP contribution is -2.43. The minimum atomic E-state index is -0.162. The van der Waals surface area contributed by atoms with Crippen molar-refractivity contribution < 1.29 is 9.47 Å². The van der Waals surface area contributed by atoms with E-state index in [0.717, 1.165) is 31.0 Å². The van der Waals surface area contributed by atoms with Crippen molar-refractivity contribution in [3.05, 3.63) is 24.3 Å². The largest absolute Gasteiger partial charge is 0.483 e. The summed E-state index contributed by atoms with van der Waals surface area (Å²) in [5.74, 6) is 0.933. The number of nitrogens with one attached hydrogen (secondary N) is 1. The fraction of sp³-hybridized carbons (Fsp3) is 0.500. The second kappa shape index (κ2) is 4.11. The molecule has 1 aromatic carbocycles. The van der Waals surface area contributed by atoms with Crippen LogP contribution in [0.15, 0.2) is 24.3 Å². The van der Waals surface area contributed by atoms with Gasteiger partial charge in [-0.25, -0.2) is 0 Å². The first-order valence-electron chi connectivity index (χ1n) is 5.24. The molecule has 82 valence electrons. The van der Waals surface area contributed by atoms with Crippen molar-refractivity contribution in [1.82, 2.24) is 0 Å². The summed E-state index contributed by atoms with van der Waals surface area (Å²) in [6.45, 7) is 3.66. The number of hydrogen-bond acceptors (Lipinski definition) is 3. The van der Waals surface area contributed by atoms with Crippen LogP contribution < -0.4 is 10.1 Å². The first-order chi connectivity index (χ1) is 7.23. The van der Waals surface area contributed by atoms with Gasteiger partial charge >= 0.3 is 0 Å². The Morgan fingerprint density at radius 2 is 2.27 bits per heavy atom. The third-order valence-corrected chi connectivity index (χ3v) is 2.73. The van der Waals surface area contributed by atoms with E-state index < -0.39 is 0 Å². The topological polar surface area (TPSA) is 30.5 Å². The number of rotatable bonds is 3. The molecule has 2 rings (SSSR count). The zero-order valence-corrected chi connectivity index (χ0v) is 9.25. The summed E-state index contributed by atoms with van der Waals surface area (Å²) in [7, 11) is 1.72. The molecule has 1 atom stereocenters. The Labute approximate surface area is 90.4 Å². The van der Waals surface area contributed by atoms with E-state index in [-0.39, 0.29) is 5.60 Å². The number of ether oxygens (including phenoxy) is 2. The summed E-state index contributed by atoms with van der Waals surface area (Å²) in [5.41, 5.74) is 0.914. The Bertz CT molecular complexity index is 340. The van der Waals surface area contributed by atoms with Crippen LogP contribution in [0, 0.1) is 0 Å². The summed E-state index contributed by atoms with van der Waals surface area (Å²) < 4.78 is 11.1. The van der Waals surface area contributed by atoms with E-state index in [0.29, 0.717) is 0 Å². The van der Waals surface area contributed by atoms with E-state index >= 15 is 0 Å². The molecule has 0 spiro atoms. The van der Waals surface area contributed by atoms with Crippen LogP contribution in [0.1, 0.15) is 13.3 Å². The Kier molecular flexibility index (Phi) is 2.82. The number of fused-ring (bicyclic) bond motifs is 1. The molecule has 0 aromatic heterocycles. The van der Waals surface area contributed by atoms with Crippen LogP contribution in [-0.4, -0.2) is 25.9 Å². The average Bonchev–Trinajstić information content (AvgIpc) is 2.26. The summed E-state index contributed by atoms with van der Waals surface area (Å²) in [6.07, 6.45) is 0.894. The normalized spacial score (nSPS) is 23.9. The lowest BCUT2D eigenvalue weighted by molar-refractivity contribution is 0.0530. The van der Waals surface area contributed by atoms with E-state index in [1.807, 2.05) is 24.3 Å². The molecule has 1 aromatic rings. The summed E-state index contributed by atoms with van der Waals surface area (Å²) >= 11 is 0. The molecule has 1 unspecified atom stereocenters. The van der Waals surface area contributed by atoms with Gasteiger partial charge in [-0.05, 0) is 19.1 Å². The Morgan fingerprint density at radius 1 is 1.47 bits per heavy atom. The maximum Gasteiger partial charge on any atom is 0.143 e. The van der Waals surface area contributed by atoms with Crippen molar-refractivity contribution in [1.29, 1.82) is 0 Å². The molecule has 0 amide bonds. The molecule has 0 bridgehead atoms. The van der Waals surface area contributed by atoms with Crippen LogP contribution in [0.4, 0.5) is 5.69 Å². The van der Waals surface area contributed by atoms with Gasteiger partial charge in [0.25, 0.3) is 0 Å². The van der Waals surface area contributed by atoms with Crippen LogP contribution in [0.25, 0.3) is 0 Å². The standard InChI is InChI=1S/C12H17NO2/c1-12(7-8-14-2)9-13-10-5-3-4-6-11(10)15-12/h3-6,13H,7-9H2,1-2H3. The molecule has 3 heteroatoms. The van der Waals surface area contributed by atoms with Gasteiger partial charge in [-0.3, -0.25) is 0 Å². The smallest absolute Gasteiger partial charge is 0.143 e. The fourth-order valence-corrected chi connectivity index (χ4v) is 1.74. The molecule has 0 fully saturated rings. The molecular formula is C12H17NO2. The molecule has 0 aliphatic carbocycles. The minimum absolute atomic E-state index is 0.162.